The first-order chi connectivity index (χ1) is 10.2. The summed E-state index contributed by atoms with van der Waals surface area (Å²) < 4.78 is 0. The molecule has 2 aromatic rings. The van der Waals surface area contributed by atoms with Crippen molar-refractivity contribution in [2.45, 2.75) is 51.2 Å². The molecule has 0 radical (unpaired) electrons. The van der Waals surface area contributed by atoms with Crippen LogP contribution in [0.15, 0.2) is 12.4 Å². The lowest BCUT2D eigenvalue weighted by Gasteiger charge is -2.26. The summed E-state index contributed by atoms with van der Waals surface area (Å²) in [6.07, 6.45) is 7.79. The van der Waals surface area contributed by atoms with Crippen LogP contribution in [-0.4, -0.2) is 32.2 Å². The molecule has 1 aliphatic carbocycles. The number of nitrogens with zero attached hydrogens (tertiary/aromatic N) is 3. The fraction of sp³-hybridized carbons (Fsp3) is 0.533. The molecular formula is C15H21N5O. The van der Waals surface area contributed by atoms with E-state index in [1.54, 1.807) is 12.4 Å². The Bertz CT molecular complexity index is 637. The van der Waals surface area contributed by atoms with Crippen molar-refractivity contribution in [3.05, 3.63) is 18.0 Å². The van der Waals surface area contributed by atoms with Gasteiger partial charge in [-0.1, -0.05) is 6.92 Å². The van der Waals surface area contributed by atoms with Crippen molar-refractivity contribution in [1.29, 1.82) is 0 Å². The standard InChI is InChI=1S/C15H21N5O/c1-2-9-7-17-14(16)12-8-18-15(20-13(9)12)19-10-3-5-11(21)6-4-10/h7-8,10-11,21H,2-6H2,1H3,(H2,16,17)(H,18,19,20). The van der Waals surface area contributed by atoms with Crippen LogP contribution in [0.3, 0.4) is 0 Å². The van der Waals surface area contributed by atoms with E-state index in [2.05, 4.69) is 27.2 Å². The zero-order valence-electron chi connectivity index (χ0n) is 12.2. The number of nitrogens with two attached hydrogens (primary N) is 1. The first kappa shape index (κ1) is 14.0. The van der Waals surface area contributed by atoms with Crippen LogP contribution in [0, 0.1) is 0 Å². The van der Waals surface area contributed by atoms with Gasteiger partial charge in [0, 0.05) is 18.4 Å². The topological polar surface area (TPSA) is 97.0 Å². The van der Waals surface area contributed by atoms with Crippen LogP contribution < -0.4 is 11.1 Å². The van der Waals surface area contributed by atoms with E-state index in [-0.39, 0.29) is 6.10 Å². The predicted octanol–water partition coefficient (Wildman–Crippen LogP) is 1.88. The van der Waals surface area contributed by atoms with E-state index < -0.39 is 0 Å². The van der Waals surface area contributed by atoms with Gasteiger partial charge in [-0.05, 0) is 37.7 Å². The molecule has 0 unspecified atom stereocenters. The van der Waals surface area contributed by atoms with Crippen LogP contribution in [0.2, 0.25) is 0 Å². The zero-order chi connectivity index (χ0) is 14.8. The van der Waals surface area contributed by atoms with Gasteiger partial charge >= 0.3 is 0 Å². The SMILES string of the molecule is CCc1cnc(N)c2cnc(NC3CCC(O)CC3)nc12. The molecule has 0 aromatic carbocycles. The lowest BCUT2D eigenvalue weighted by Crippen LogP contribution is -2.28. The first-order valence-electron chi connectivity index (χ1n) is 7.52. The summed E-state index contributed by atoms with van der Waals surface area (Å²) in [4.78, 5) is 13.1. The number of aryl methyl sites for hydroxylation is 1. The van der Waals surface area contributed by atoms with Crippen molar-refractivity contribution in [1.82, 2.24) is 15.0 Å². The Kier molecular flexibility index (Phi) is 3.88. The van der Waals surface area contributed by atoms with Crippen LogP contribution >= 0.6 is 0 Å². The minimum absolute atomic E-state index is 0.155. The van der Waals surface area contributed by atoms with Gasteiger partial charge in [0.1, 0.15) is 5.82 Å². The number of nitrogens with one attached hydrogen (secondary N) is 1. The normalized spacial score (nSPS) is 22.4. The molecule has 2 aromatic heterocycles. The third-order valence-electron chi connectivity index (χ3n) is 4.14. The first-order valence-corrected chi connectivity index (χ1v) is 7.52. The van der Waals surface area contributed by atoms with Crippen LogP contribution in [0.1, 0.15) is 38.2 Å². The molecule has 0 spiro atoms. The number of aliphatic hydroxyl groups is 1. The molecule has 1 saturated carbocycles. The summed E-state index contributed by atoms with van der Waals surface area (Å²) in [7, 11) is 0. The Labute approximate surface area is 123 Å². The predicted molar refractivity (Wildman–Crippen MR) is 83.0 cm³/mol. The number of anilines is 2. The molecule has 0 amide bonds. The highest BCUT2D eigenvalue weighted by molar-refractivity contribution is 5.90. The van der Waals surface area contributed by atoms with Gasteiger partial charge in [-0.2, -0.15) is 0 Å². The van der Waals surface area contributed by atoms with Crippen molar-refractivity contribution in [2.75, 3.05) is 11.1 Å². The fourth-order valence-corrected chi connectivity index (χ4v) is 2.82. The van der Waals surface area contributed by atoms with Crippen molar-refractivity contribution in [3.8, 4) is 0 Å². The van der Waals surface area contributed by atoms with Gasteiger partial charge in [0.25, 0.3) is 0 Å². The Morgan fingerprint density at radius 3 is 2.71 bits per heavy atom. The van der Waals surface area contributed by atoms with Gasteiger partial charge in [-0.15, -0.1) is 0 Å². The number of hydrogen-bond acceptors (Lipinski definition) is 6. The largest absolute Gasteiger partial charge is 0.393 e. The summed E-state index contributed by atoms with van der Waals surface area (Å²) in [5.41, 5.74) is 7.84. The summed E-state index contributed by atoms with van der Waals surface area (Å²) >= 11 is 0. The second-order valence-electron chi connectivity index (χ2n) is 5.63. The maximum atomic E-state index is 9.55. The lowest BCUT2D eigenvalue weighted by atomic mass is 9.93. The highest BCUT2D eigenvalue weighted by Crippen LogP contribution is 2.24. The van der Waals surface area contributed by atoms with E-state index in [9.17, 15) is 5.11 Å². The van der Waals surface area contributed by atoms with E-state index in [1.807, 2.05) is 0 Å². The summed E-state index contributed by atoms with van der Waals surface area (Å²) in [5, 5.41) is 13.7. The summed E-state index contributed by atoms with van der Waals surface area (Å²) in [5.74, 6) is 1.10. The van der Waals surface area contributed by atoms with Gasteiger partial charge in [0.15, 0.2) is 0 Å². The number of fused-ring (bicyclic) bond motifs is 1. The molecule has 0 aliphatic heterocycles. The van der Waals surface area contributed by atoms with E-state index in [1.165, 1.54) is 0 Å². The molecule has 1 fully saturated rings. The number of hydrogen-bond donors (Lipinski definition) is 3. The van der Waals surface area contributed by atoms with Crippen LogP contribution in [0.5, 0.6) is 0 Å². The Hall–Kier alpha value is -1.95. The van der Waals surface area contributed by atoms with Gasteiger partial charge in [-0.3, -0.25) is 0 Å². The third-order valence-corrected chi connectivity index (χ3v) is 4.14. The summed E-state index contributed by atoms with van der Waals surface area (Å²) in [6.45, 7) is 2.07. The molecule has 0 saturated heterocycles. The number of aromatic nitrogens is 3. The second-order valence-corrected chi connectivity index (χ2v) is 5.63. The van der Waals surface area contributed by atoms with Gasteiger partial charge < -0.3 is 16.2 Å². The van der Waals surface area contributed by atoms with Crippen molar-refractivity contribution < 1.29 is 5.11 Å². The quantitative estimate of drug-likeness (QED) is 0.797. The van der Waals surface area contributed by atoms with Crippen molar-refractivity contribution >= 4 is 22.7 Å². The maximum Gasteiger partial charge on any atom is 0.223 e. The molecule has 21 heavy (non-hydrogen) atoms. The van der Waals surface area contributed by atoms with E-state index in [0.29, 0.717) is 17.8 Å². The molecule has 6 nitrogen and oxygen atoms in total. The average molecular weight is 287 g/mol. The number of nitrogen functional groups attached to an aromatic ring is 1. The average Bonchev–Trinajstić information content (AvgIpc) is 2.50. The number of pyridine rings is 1. The molecule has 4 N–H and O–H groups in total. The minimum Gasteiger partial charge on any atom is -0.393 e. The van der Waals surface area contributed by atoms with Crippen LogP contribution in [0.4, 0.5) is 11.8 Å². The molecule has 0 bridgehead atoms. The lowest BCUT2D eigenvalue weighted by molar-refractivity contribution is 0.126. The highest BCUT2D eigenvalue weighted by atomic mass is 16.3. The number of rotatable bonds is 3. The van der Waals surface area contributed by atoms with Crippen molar-refractivity contribution in [3.63, 3.8) is 0 Å². The van der Waals surface area contributed by atoms with E-state index >= 15 is 0 Å². The Morgan fingerprint density at radius 1 is 1.24 bits per heavy atom. The highest BCUT2D eigenvalue weighted by Gasteiger charge is 2.20. The van der Waals surface area contributed by atoms with Gasteiger partial charge in [-0.25, -0.2) is 15.0 Å². The number of aliphatic hydroxyl groups excluding tert-OH is 1. The van der Waals surface area contributed by atoms with E-state index in [0.717, 1.165) is 48.6 Å². The molecule has 2 heterocycles. The maximum absolute atomic E-state index is 9.55. The smallest absolute Gasteiger partial charge is 0.223 e. The molecule has 0 atom stereocenters. The summed E-state index contributed by atoms with van der Waals surface area (Å²) in [6, 6.07) is 0.329. The molecule has 1 aliphatic rings. The molecule has 112 valence electrons. The van der Waals surface area contributed by atoms with Gasteiger partial charge in [0.05, 0.1) is 17.0 Å². The monoisotopic (exact) mass is 287 g/mol. The Morgan fingerprint density at radius 2 is 2.00 bits per heavy atom. The molecule has 6 heteroatoms. The molecular weight excluding hydrogens is 266 g/mol. The van der Waals surface area contributed by atoms with Crippen LogP contribution in [0.25, 0.3) is 10.9 Å². The second kappa shape index (κ2) is 5.81. The Balaban J connectivity index is 1.86. The molecule has 3 rings (SSSR count). The third kappa shape index (κ3) is 2.90. The van der Waals surface area contributed by atoms with Crippen LogP contribution in [-0.2, 0) is 6.42 Å². The fourth-order valence-electron chi connectivity index (χ4n) is 2.82. The minimum atomic E-state index is -0.155. The zero-order valence-corrected chi connectivity index (χ0v) is 12.2. The van der Waals surface area contributed by atoms with E-state index in [4.69, 9.17) is 5.73 Å². The van der Waals surface area contributed by atoms with Crippen molar-refractivity contribution in [2.24, 2.45) is 0 Å². The van der Waals surface area contributed by atoms with Gasteiger partial charge in [0.2, 0.25) is 5.95 Å².